The number of phenolic OH excluding ortho intramolecular Hbond substituents is 1. The molecule has 22 heavy (non-hydrogen) atoms. The van der Waals surface area contributed by atoms with Crippen LogP contribution in [0, 0.1) is 11.8 Å². The summed E-state index contributed by atoms with van der Waals surface area (Å²) >= 11 is 5.78. The molecule has 0 saturated carbocycles. The molecule has 0 radical (unpaired) electrons. The molecule has 2 rings (SSSR count). The molecule has 1 heterocycles. The molecule has 1 aromatic carbocycles. The van der Waals surface area contributed by atoms with E-state index in [9.17, 15) is 14.7 Å². The summed E-state index contributed by atoms with van der Waals surface area (Å²) in [6.45, 7) is 5.24. The van der Waals surface area contributed by atoms with Crippen LogP contribution in [0.2, 0.25) is 5.02 Å². The highest BCUT2D eigenvalue weighted by molar-refractivity contribution is 6.31. The molecular formula is C16H20ClNO4. The van der Waals surface area contributed by atoms with Crippen molar-refractivity contribution in [3.05, 3.63) is 28.8 Å². The third kappa shape index (κ3) is 4.13. The second-order valence-electron chi connectivity index (χ2n) is 5.98. The van der Waals surface area contributed by atoms with Gasteiger partial charge in [-0.15, -0.1) is 0 Å². The number of ether oxygens (including phenoxy) is 1. The number of halogens is 1. The van der Waals surface area contributed by atoms with Crippen LogP contribution in [0.25, 0.3) is 0 Å². The fourth-order valence-corrected chi connectivity index (χ4v) is 3.01. The number of likely N-dealkylation sites (tertiary alicyclic amines) is 1. The quantitative estimate of drug-likeness (QED) is 0.868. The first-order valence-corrected chi connectivity index (χ1v) is 7.68. The van der Waals surface area contributed by atoms with E-state index in [1.165, 1.54) is 18.2 Å². The summed E-state index contributed by atoms with van der Waals surface area (Å²) in [6.07, 6.45) is 1.10. The van der Waals surface area contributed by atoms with Crippen LogP contribution in [-0.4, -0.2) is 41.6 Å². The van der Waals surface area contributed by atoms with E-state index in [0.717, 1.165) is 6.42 Å². The average molecular weight is 326 g/mol. The zero-order chi connectivity index (χ0) is 16.3. The van der Waals surface area contributed by atoms with Crippen LogP contribution < -0.4 is 0 Å². The monoisotopic (exact) mass is 325 g/mol. The van der Waals surface area contributed by atoms with Gasteiger partial charge in [0.2, 0.25) is 0 Å². The third-order valence-corrected chi connectivity index (χ3v) is 3.96. The van der Waals surface area contributed by atoms with Gasteiger partial charge in [-0.2, -0.15) is 0 Å². The molecule has 5 nitrogen and oxygen atoms in total. The zero-order valence-corrected chi connectivity index (χ0v) is 13.5. The molecule has 6 heteroatoms. The number of esters is 1. The molecule has 0 spiro atoms. The Labute approximate surface area is 134 Å². The third-order valence-electron chi connectivity index (χ3n) is 3.73. The van der Waals surface area contributed by atoms with Crippen molar-refractivity contribution < 1.29 is 19.4 Å². The van der Waals surface area contributed by atoms with E-state index in [1.54, 1.807) is 4.90 Å². The Kier molecular flexibility index (Phi) is 5.29. The molecule has 0 aromatic heterocycles. The number of hydrogen-bond donors (Lipinski definition) is 1. The SMILES string of the molecule is C[C@@H]1C[C@H](C)CN(C(=O)COC(=O)c2cc(Cl)ccc2O)C1. The number of carbonyl (C=O) groups excluding carboxylic acids is 2. The van der Waals surface area contributed by atoms with E-state index < -0.39 is 5.97 Å². The Morgan fingerprint density at radius 2 is 1.95 bits per heavy atom. The van der Waals surface area contributed by atoms with Crippen molar-refractivity contribution in [1.29, 1.82) is 0 Å². The number of carbonyl (C=O) groups is 2. The number of rotatable bonds is 3. The largest absolute Gasteiger partial charge is 0.507 e. The second-order valence-corrected chi connectivity index (χ2v) is 6.42. The molecule has 0 unspecified atom stereocenters. The van der Waals surface area contributed by atoms with Crippen molar-refractivity contribution in [3.8, 4) is 5.75 Å². The van der Waals surface area contributed by atoms with Gasteiger partial charge in [-0.25, -0.2) is 4.79 Å². The van der Waals surface area contributed by atoms with Crippen LogP contribution in [0.4, 0.5) is 0 Å². The summed E-state index contributed by atoms with van der Waals surface area (Å²) in [4.78, 5) is 25.8. The van der Waals surface area contributed by atoms with E-state index >= 15 is 0 Å². The lowest BCUT2D eigenvalue weighted by Gasteiger charge is -2.34. The van der Waals surface area contributed by atoms with Crippen molar-refractivity contribution in [3.63, 3.8) is 0 Å². The fourth-order valence-electron chi connectivity index (χ4n) is 2.83. The number of nitrogens with zero attached hydrogens (tertiary/aromatic N) is 1. The Hall–Kier alpha value is -1.75. The number of piperidine rings is 1. The average Bonchev–Trinajstić information content (AvgIpc) is 2.45. The minimum atomic E-state index is -0.758. The van der Waals surface area contributed by atoms with Gasteiger partial charge < -0.3 is 14.7 Å². The summed E-state index contributed by atoms with van der Waals surface area (Å²) in [6, 6.07) is 4.10. The normalized spacial score (nSPS) is 21.5. The second kappa shape index (κ2) is 7.01. The van der Waals surface area contributed by atoms with Crippen molar-refractivity contribution in [2.75, 3.05) is 19.7 Å². The molecule has 120 valence electrons. The van der Waals surface area contributed by atoms with Gasteiger partial charge in [-0.3, -0.25) is 4.79 Å². The van der Waals surface area contributed by atoms with Gasteiger partial charge in [-0.1, -0.05) is 25.4 Å². The predicted octanol–water partition coefficient (Wildman–Crippen LogP) is 2.71. The molecular weight excluding hydrogens is 306 g/mol. The molecule has 1 aromatic rings. The minimum Gasteiger partial charge on any atom is -0.507 e. The summed E-state index contributed by atoms with van der Waals surface area (Å²) in [5, 5.41) is 9.95. The van der Waals surface area contributed by atoms with Gasteiger partial charge in [0.1, 0.15) is 11.3 Å². The molecule has 1 fully saturated rings. The van der Waals surface area contributed by atoms with Gasteiger partial charge in [0, 0.05) is 18.1 Å². The van der Waals surface area contributed by atoms with E-state index in [2.05, 4.69) is 13.8 Å². The van der Waals surface area contributed by atoms with Crippen LogP contribution in [0.5, 0.6) is 5.75 Å². The molecule has 1 aliphatic heterocycles. The highest BCUT2D eigenvalue weighted by Crippen LogP contribution is 2.23. The van der Waals surface area contributed by atoms with Gasteiger partial charge in [0.05, 0.1) is 0 Å². The van der Waals surface area contributed by atoms with Gasteiger partial charge in [0.25, 0.3) is 5.91 Å². The van der Waals surface area contributed by atoms with Crippen molar-refractivity contribution in [1.82, 2.24) is 4.90 Å². The molecule has 0 aliphatic carbocycles. The van der Waals surface area contributed by atoms with Crippen LogP contribution in [0.1, 0.15) is 30.6 Å². The lowest BCUT2D eigenvalue weighted by Crippen LogP contribution is -2.44. The van der Waals surface area contributed by atoms with E-state index in [0.29, 0.717) is 29.9 Å². The maximum atomic E-state index is 12.1. The first-order chi connectivity index (χ1) is 10.4. The van der Waals surface area contributed by atoms with E-state index in [4.69, 9.17) is 16.3 Å². The van der Waals surface area contributed by atoms with Crippen molar-refractivity contribution in [2.24, 2.45) is 11.8 Å². The minimum absolute atomic E-state index is 0.0410. The highest BCUT2D eigenvalue weighted by atomic mass is 35.5. The molecule has 1 saturated heterocycles. The predicted molar refractivity (Wildman–Crippen MR) is 82.9 cm³/mol. The zero-order valence-electron chi connectivity index (χ0n) is 12.7. The lowest BCUT2D eigenvalue weighted by atomic mass is 9.92. The maximum absolute atomic E-state index is 12.1. The number of benzene rings is 1. The number of aromatic hydroxyl groups is 1. The molecule has 1 N–H and O–H groups in total. The Morgan fingerprint density at radius 1 is 1.32 bits per heavy atom. The standard InChI is InChI=1S/C16H20ClNO4/c1-10-5-11(2)8-18(7-10)15(20)9-22-16(21)13-6-12(17)3-4-14(13)19/h3-4,6,10-11,19H,5,7-9H2,1-2H3/t10-,11+. The van der Waals surface area contributed by atoms with Crippen LogP contribution in [-0.2, 0) is 9.53 Å². The van der Waals surface area contributed by atoms with Gasteiger partial charge >= 0.3 is 5.97 Å². The van der Waals surface area contributed by atoms with Crippen LogP contribution >= 0.6 is 11.6 Å². The van der Waals surface area contributed by atoms with Crippen LogP contribution in [0.3, 0.4) is 0 Å². The van der Waals surface area contributed by atoms with Crippen molar-refractivity contribution in [2.45, 2.75) is 20.3 Å². The first-order valence-electron chi connectivity index (χ1n) is 7.30. The van der Waals surface area contributed by atoms with E-state index in [-0.39, 0.29) is 23.8 Å². The summed E-state index contributed by atoms with van der Waals surface area (Å²) < 4.78 is 5.00. The summed E-state index contributed by atoms with van der Waals surface area (Å²) in [7, 11) is 0. The Bertz CT molecular complexity index is 565. The maximum Gasteiger partial charge on any atom is 0.342 e. The fraction of sp³-hybridized carbons (Fsp3) is 0.500. The summed E-state index contributed by atoms with van der Waals surface area (Å²) in [5.74, 6) is -0.303. The lowest BCUT2D eigenvalue weighted by molar-refractivity contribution is -0.137. The molecule has 1 amide bonds. The van der Waals surface area contributed by atoms with Gasteiger partial charge in [-0.05, 0) is 36.5 Å². The smallest absolute Gasteiger partial charge is 0.342 e. The van der Waals surface area contributed by atoms with E-state index in [1.807, 2.05) is 0 Å². The number of amides is 1. The first kappa shape index (κ1) is 16.6. The Morgan fingerprint density at radius 3 is 2.59 bits per heavy atom. The van der Waals surface area contributed by atoms with Crippen LogP contribution in [0.15, 0.2) is 18.2 Å². The van der Waals surface area contributed by atoms with Gasteiger partial charge in [0.15, 0.2) is 6.61 Å². The summed E-state index contributed by atoms with van der Waals surface area (Å²) in [5.41, 5.74) is -0.0410. The molecule has 0 bridgehead atoms. The highest BCUT2D eigenvalue weighted by Gasteiger charge is 2.26. The molecule has 2 atom stereocenters. The number of phenols is 1. The topological polar surface area (TPSA) is 66.8 Å². The number of hydrogen-bond acceptors (Lipinski definition) is 4. The Balaban J connectivity index is 1.93. The van der Waals surface area contributed by atoms with Crippen molar-refractivity contribution >= 4 is 23.5 Å². The molecule has 1 aliphatic rings.